The lowest BCUT2D eigenvalue weighted by Gasteiger charge is -2.27. The maximum absolute atomic E-state index is 12.8. The molecule has 0 aliphatic carbocycles. The van der Waals surface area contributed by atoms with Crippen LogP contribution in [0.5, 0.6) is 5.75 Å². The molecule has 0 saturated carbocycles. The molecule has 0 bridgehead atoms. The topological polar surface area (TPSA) is 103 Å². The molecule has 3 amide bonds. The number of likely N-dealkylation sites (tertiary alicyclic amines) is 1. The molecule has 2 aromatic rings. The SMILES string of the molecule is Cc1ccc(N=Nc2ccc(O)c(/C=C3\SC(=O)N(CC(=O)N4CCCCC4)C3=O)c2)cc1Cl. The number of nitrogens with zero attached hydrogens (tertiary/aromatic N) is 4. The predicted octanol–water partition coefficient (Wildman–Crippen LogP) is 5.82. The lowest BCUT2D eigenvalue weighted by atomic mass is 10.1. The number of hydrogen-bond acceptors (Lipinski definition) is 7. The Balaban J connectivity index is 1.50. The van der Waals surface area contributed by atoms with Gasteiger partial charge in [-0.2, -0.15) is 10.2 Å². The molecule has 0 atom stereocenters. The first kappa shape index (κ1) is 24.0. The number of phenolic OH excluding ortho intramolecular Hbond substituents is 1. The summed E-state index contributed by atoms with van der Waals surface area (Å²) in [4.78, 5) is 40.5. The van der Waals surface area contributed by atoms with Crippen LogP contribution in [0.15, 0.2) is 51.5 Å². The van der Waals surface area contributed by atoms with E-state index in [4.69, 9.17) is 11.6 Å². The molecule has 2 saturated heterocycles. The summed E-state index contributed by atoms with van der Waals surface area (Å²) < 4.78 is 0. The molecule has 176 valence electrons. The van der Waals surface area contributed by atoms with E-state index in [2.05, 4.69) is 10.2 Å². The van der Waals surface area contributed by atoms with Gasteiger partial charge in [0.2, 0.25) is 5.91 Å². The summed E-state index contributed by atoms with van der Waals surface area (Å²) in [6, 6.07) is 9.89. The molecule has 0 radical (unpaired) electrons. The number of halogens is 1. The van der Waals surface area contributed by atoms with Crippen molar-refractivity contribution in [3.05, 3.63) is 57.5 Å². The minimum atomic E-state index is -0.555. The van der Waals surface area contributed by atoms with Gasteiger partial charge in [-0.25, -0.2) is 0 Å². The van der Waals surface area contributed by atoms with E-state index >= 15 is 0 Å². The monoisotopic (exact) mass is 498 g/mol. The zero-order valence-corrected chi connectivity index (χ0v) is 20.1. The Kier molecular flexibility index (Phi) is 7.33. The minimum absolute atomic E-state index is 0.0754. The van der Waals surface area contributed by atoms with Gasteiger partial charge in [-0.15, -0.1) is 0 Å². The Labute approximate surface area is 206 Å². The number of hydrogen-bond donors (Lipinski definition) is 1. The second kappa shape index (κ2) is 10.4. The van der Waals surface area contributed by atoms with Crippen molar-refractivity contribution in [3.63, 3.8) is 0 Å². The molecule has 2 aromatic carbocycles. The summed E-state index contributed by atoms with van der Waals surface area (Å²) in [6.07, 6.45) is 4.36. The fourth-order valence-electron chi connectivity index (χ4n) is 3.64. The van der Waals surface area contributed by atoms with Gasteiger partial charge in [-0.05, 0) is 79.9 Å². The molecule has 34 heavy (non-hydrogen) atoms. The van der Waals surface area contributed by atoms with Crippen molar-refractivity contribution < 1.29 is 19.5 Å². The standard InChI is InChI=1S/C24H23ClN4O4S/c1-15-5-6-18(13-19(15)25)27-26-17-7-8-20(30)16(11-17)12-21-23(32)29(24(33)34-21)14-22(31)28-9-3-2-4-10-28/h5-8,11-13,30H,2-4,9-10,14H2,1H3/b21-12-,27-26?. The largest absolute Gasteiger partial charge is 0.507 e. The van der Waals surface area contributed by atoms with Crippen molar-refractivity contribution in [1.82, 2.24) is 9.80 Å². The highest BCUT2D eigenvalue weighted by atomic mass is 35.5. The number of aromatic hydroxyl groups is 1. The zero-order chi connectivity index (χ0) is 24.2. The molecule has 0 aromatic heterocycles. The average Bonchev–Trinajstić information content (AvgIpc) is 3.09. The van der Waals surface area contributed by atoms with Gasteiger partial charge >= 0.3 is 0 Å². The molecule has 4 rings (SSSR count). The zero-order valence-electron chi connectivity index (χ0n) is 18.5. The first-order chi connectivity index (χ1) is 16.3. The highest BCUT2D eigenvalue weighted by molar-refractivity contribution is 8.18. The number of rotatable bonds is 5. The number of phenols is 1. The van der Waals surface area contributed by atoms with E-state index in [-0.39, 0.29) is 23.1 Å². The minimum Gasteiger partial charge on any atom is -0.507 e. The van der Waals surface area contributed by atoms with Crippen molar-refractivity contribution in [2.75, 3.05) is 19.6 Å². The van der Waals surface area contributed by atoms with E-state index in [0.717, 1.165) is 41.5 Å². The van der Waals surface area contributed by atoms with Gasteiger partial charge in [0.1, 0.15) is 12.3 Å². The molecule has 2 aliphatic heterocycles. The second-order valence-corrected chi connectivity index (χ2v) is 9.49. The van der Waals surface area contributed by atoms with Crippen LogP contribution in [0.4, 0.5) is 16.2 Å². The van der Waals surface area contributed by atoms with E-state index in [9.17, 15) is 19.5 Å². The quantitative estimate of drug-likeness (QED) is 0.413. The lowest BCUT2D eigenvalue weighted by molar-refractivity contribution is -0.136. The first-order valence-electron chi connectivity index (χ1n) is 10.9. The molecular formula is C24H23ClN4O4S. The summed E-state index contributed by atoms with van der Waals surface area (Å²) >= 11 is 6.86. The van der Waals surface area contributed by atoms with Crippen molar-refractivity contribution in [2.24, 2.45) is 10.2 Å². The van der Waals surface area contributed by atoms with Crippen LogP contribution in [0.2, 0.25) is 5.02 Å². The van der Waals surface area contributed by atoms with Gasteiger partial charge in [0, 0.05) is 23.7 Å². The Morgan fingerprint density at radius 3 is 2.47 bits per heavy atom. The van der Waals surface area contributed by atoms with Crippen molar-refractivity contribution in [2.45, 2.75) is 26.2 Å². The Morgan fingerprint density at radius 1 is 1.09 bits per heavy atom. The van der Waals surface area contributed by atoms with Gasteiger partial charge in [0.15, 0.2) is 0 Å². The van der Waals surface area contributed by atoms with E-state index in [1.54, 1.807) is 29.2 Å². The third kappa shape index (κ3) is 5.48. The fourth-order valence-corrected chi connectivity index (χ4v) is 4.64. The van der Waals surface area contributed by atoms with Gasteiger partial charge in [-0.3, -0.25) is 19.3 Å². The molecule has 2 heterocycles. The van der Waals surface area contributed by atoms with Crippen LogP contribution in [-0.2, 0) is 9.59 Å². The van der Waals surface area contributed by atoms with Crippen molar-refractivity contribution in [3.8, 4) is 5.75 Å². The maximum Gasteiger partial charge on any atom is 0.294 e. The summed E-state index contributed by atoms with van der Waals surface area (Å²) in [6.45, 7) is 2.91. The Hall–Kier alpha value is -3.17. The number of aryl methyl sites for hydroxylation is 1. The number of carbonyl (C=O) groups excluding carboxylic acids is 3. The maximum atomic E-state index is 12.8. The number of benzene rings is 2. The van der Waals surface area contributed by atoms with Crippen LogP contribution in [0.1, 0.15) is 30.4 Å². The van der Waals surface area contributed by atoms with Gasteiger partial charge in [0.05, 0.1) is 16.3 Å². The number of thioether (sulfide) groups is 1. The second-order valence-electron chi connectivity index (χ2n) is 8.09. The molecule has 10 heteroatoms. The summed E-state index contributed by atoms with van der Waals surface area (Å²) in [5, 5.41) is 18.7. The van der Waals surface area contributed by atoms with Crippen molar-refractivity contribution in [1.29, 1.82) is 0 Å². The predicted molar refractivity (Wildman–Crippen MR) is 132 cm³/mol. The molecule has 0 unspecified atom stereocenters. The number of azo groups is 1. The summed E-state index contributed by atoms with van der Waals surface area (Å²) in [5.74, 6) is -0.862. The number of imide groups is 1. The smallest absolute Gasteiger partial charge is 0.294 e. The fraction of sp³-hybridized carbons (Fsp3) is 0.292. The van der Waals surface area contributed by atoms with Gasteiger partial charge in [-0.1, -0.05) is 17.7 Å². The highest BCUT2D eigenvalue weighted by Gasteiger charge is 2.37. The van der Waals surface area contributed by atoms with E-state index in [1.165, 1.54) is 12.1 Å². The number of amides is 3. The van der Waals surface area contributed by atoms with Gasteiger partial charge < -0.3 is 10.0 Å². The molecule has 2 fully saturated rings. The van der Waals surface area contributed by atoms with Crippen LogP contribution in [-0.4, -0.2) is 51.6 Å². The molecule has 0 spiro atoms. The Bertz CT molecular complexity index is 1210. The normalized spacial score (nSPS) is 17.9. The third-order valence-electron chi connectivity index (χ3n) is 5.61. The first-order valence-corrected chi connectivity index (χ1v) is 12.1. The average molecular weight is 499 g/mol. The summed E-state index contributed by atoms with van der Waals surface area (Å²) in [7, 11) is 0. The number of piperidine rings is 1. The van der Waals surface area contributed by atoms with Crippen LogP contribution < -0.4 is 0 Å². The molecule has 8 nitrogen and oxygen atoms in total. The lowest BCUT2D eigenvalue weighted by Crippen LogP contribution is -2.44. The van der Waals surface area contributed by atoms with E-state index in [0.29, 0.717) is 35.1 Å². The van der Waals surface area contributed by atoms with E-state index in [1.807, 2.05) is 13.0 Å². The molecule has 1 N–H and O–H groups in total. The van der Waals surface area contributed by atoms with Crippen molar-refractivity contribution >= 4 is 57.9 Å². The molecule has 2 aliphatic rings. The van der Waals surface area contributed by atoms with Crippen LogP contribution >= 0.6 is 23.4 Å². The van der Waals surface area contributed by atoms with E-state index < -0.39 is 11.1 Å². The third-order valence-corrected chi connectivity index (χ3v) is 6.92. The highest BCUT2D eigenvalue weighted by Crippen LogP contribution is 2.35. The Morgan fingerprint density at radius 2 is 1.76 bits per heavy atom. The van der Waals surface area contributed by atoms with Crippen LogP contribution in [0.25, 0.3) is 6.08 Å². The molecular weight excluding hydrogens is 476 g/mol. The van der Waals surface area contributed by atoms with Crippen LogP contribution in [0, 0.1) is 6.92 Å². The number of carbonyl (C=O) groups is 3. The van der Waals surface area contributed by atoms with Crippen LogP contribution in [0.3, 0.4) is 0 Å². The van der Waals surface area contributed by atoms with Gasteiger partial charge in [0.25, 0.3) is 11.1 Å². The summed E-state index contributed by atoms with van der Waals surface area (Å²) in [5.41, 5.74) is 2.26.